The number of hydrogen-bond donors (Lipinski definition) is 1. The van der Waals surface area contributed by atoms with Crippen molar-refractivity contribution in [2.45, 2.75) is 6.54 Å². The first kappa shape index (κ1) is 12.0. The number of nitrogens with one attached hydrogen (secondary N) is 1. The first-order valence-corrected chi connectivity index (χ1v) is 7.09. The standard InChI is InChI=1S/C19H15NO/c1-2-6-15(7-3-1)20-13-14-10-11-19-17(12-14)16-8-4-5-9-18(16)21-19/h1-12,20H,13H2. The maximum absolute atomic E-state index is 5.85. The predicted molar refractivity (Wildman–Crippen MR) is 87.5 cm³/mol. The largest absolute Gasteiger partial charge is 0.456 e. The second-order valence-corrected chi connectivity index (χ2v) is 5.15. The number of para-hydroxylation sites is 2. The molecule has 1 heterocycles. The van der Waals surface area contributed by atoms with E-state index in [0.29, 0.717) is 0 Å². The number of furan rings is 1. The smallest absolute Gasteiger partial charge is 0.135 e. The quantitative estimate of drug-likeness (QED) is 0.555. The third-order valence-corrected chi connectivity index (χ3v) is 3.71. The summed E-state index contributed by atoms with van der Waals surface area (Å²) in [6.45, 7) is 0.805. The summed E-state index contributed by atoms with van der Waals surface area (Å²) in [6.07, 6.45) is 0. The molecule has 0 atom stereocenters. The van der Waals surface area contributed by atoms with E-state index in [1.165, 1.54) is 16.3 Å². The molecule has 0 aliphatic rings. The molecule has 102 valence electrons. The average molecular weight is 273 g/mol. The predicted octanol–water partition coefficient (Wildman–Crippen LogP) is 5.20. The monoisotopic (exact) mass is 273 g/mol. The fourth-order valence-electron chi connectivity index (χ4n) is 2.64. The number of rotatable bonds is 3. The van der Waals surface area contributed by atoms with Gasteiger partial charge in [0.15, 0.2) is 0 Å². The van der Waals surface area contributed by atoms with Gasteiger partial charge in [0.05, 0.1) is 0 Å². The van der Waals surface area contributed by atoms with Crippen molar-refractivity contribution >= 4 is 27.6 Å². The lowest BCUT2D eigenvalue weighted by atomic mass is 10.1. The maximum atomic E-state index is 5.85. The second-order valence-electron chi connectivity index (χ2n) is 5.15. The van der Waals surface area contributed by atoms with Gasteiger partial charge < -0.3 is 9.73 Å². The SMILES string of the molecule is c1ccc(NCc2ccc3oc4ccccc4c3c2)cc1. The van der Waals surface area contributed by atoms with Crippen LogP contribution in [-0.4, -0.2) is 0 Å². The Bertz CT molecular complexity index is 893. The van der Waals surface area contributed by atoms with Crippen LogP contribution in [0.25, 0.3) is 21.9 Å². The van der Waals surface area contributed by atoms with Crippen molar-refractivity contribution in [1.82, 2.24) is 0 Å². The summed E-state index contributed by atoms with van der Waals surface area (Å²) >= 11 is 0. The molecule has 0 amide bonds. The zero-order chi connectivity index (χ0) is 14.1. The van der Waals surface area contributed by atoms with Gasteiger partial charge in [-0.15, -0.1) is 0 Å². The summed E-state index contributed by atoms with van der Waals surface area (Å²) in [4.78, 5) is 0. The molecule has 2 heteroatoms. The van der Waals surface area contributed by atoms with Gasteiger partial charge in [-0.1, -0.05) is 42.5 Å². The Labute approximate surface area is 123 Å². The Morgan fingerprint density at radius 3 is 2.38 bits per heavy atom. The van der Waals surface area contributed by atoms with E-state index in [-0.39, 0.29) is 0 Å². The van der Waals surface area contributed by atoms with Crippen LogP contribution in [0.1, 0.15) is 5.56 Å². The van der Waals surface area contributed by atoms with Crippen molar-refractivity contribution in [3.05, 3.63) is 78.4 Å². The van der Waals surface area contributed by atoms with Gasteiger partial charge in [0.25, 0.3) is 0 Å². The summed E-state index contributed by atoms with van der Waals surface area (Å²) in [5.41, 5.74) is 4.27. The molecule has 2 nitrogen and oxygen atoms in total. The number of benzene rings is 3. The molecule has 0 bridgehead atoms. The molecule has 0 radical (unpaired) electrons. The van der Waals surface area contributed by atoms with E-state index >= 15 is 0 Å². The zero-order valence-electron chi connectivity index (χ0n) is 11.5. The topological polar surface area (TPSA) is 25.2 Å². The molecular weight excluding hydrogens is 258 g/mol. The van der Waals surface area contributed by atoms with Gasteiger partial charge in [0, 0.05) is 23.0 Å². The summed E-state index contributed by atoms with van der Waals surface area (Å²) in [5, 5.41) is 5.79. The third-order valence-electron chi connectivity index (χ3n) is 3.71. The van der Waals surface area contributed by atoms with Crippen LogP contribution >= 0.6 is 0 Å². The van der Waals surface area contributed by atoms with Gasteiger partial charge in [-0.2, -0.15) is 0 Å². The molecule has 4 rings (SSSR count). The van der Waals surface area contributed by atoms with Crippen LogP contribution in [0.15, 0.2) is 77.2 Å². The number of fused-ring (bicyclic) bond motifs is 3. The minimum atomic E-state index is 0.805. The summed E-state index contributed by atoms with van der Waals surface area (Å²) < 4.78 is 5.85. The van der Waals surface area contributed by atoms with Crippen molar-refractivity contribution in [1.29, 1.82) is 0 Å². The lowest BCUT2D eigenvalue weighted by molar-refractivity contribution is 0.669. The molecule has 1 N–H and O–H groups in total. The molecule has 0 saturated carbocycles. The van der Waals surface area contributed by atoms with Crippen LogP contribution in [0.4, 0.5) is 5.69 Å². The Morgan fingerprint density at radius 2 is 1.48 bits per heavy atom. The van der Waals surface area contributed by atoms with Crippen LogP contribution in [0, 0.1) is 0 Å². The molecule has 3 aromatic carbocycles. The second kappa shape index (κ2) is 4.98. The van der Waals surface area contributed by atoms with Gasteiger partial charge in [0.1, 0.15) is 11.2 Å². The molecule has 0 unspecified atom stereocenters. The third kappa shape index (κ3) is 2.25. The minimum Gasteiger partial charge on any atom is -0.456 e. The number of anilines is 1. The van der Waals surface area contributed by atoms with Gasteiger partial charge in [-0.3, -0.25) is 0 Å². The molecule has 0 aliphatic heterocycles. The zero-order valence-corrected chi connectivity index (χ0v) is 11.5. The van der Waals surface area contributed by atoms with Crippen molar-refractivity contribution in [3.63, 3.8) is 0 Å². The highest BCUT2D eigenvalue weighted by atomic mass is 16.3. The highest BCUT2D eigenvalue weighted by molar-refractivity contribution is 6.04. The van der Waals surface area contributed by atoms with E-state index in [0.717, 1.165) is 23.4 Å². The normalized spacial score (nSPS) is 11.0. The lowest BCUT2D eigenvalue weighted by Gasteiger charge is -2.06. The van der Waals surface area contributed by atoms with E-state index in [9.17, 15) is 0 Å². The summed E-state index contributed by atoms with van der Waals surface area (Å²) in [7, 11) is 0. The molecule has 4 aromatic rings. The fraction of sp³-hybridized carbons (Fsp3) is 0.0526. The highest BCUT2D eigenvalue weighted by Gasteiger charge is 2.06. The molecule has 0 aliphatic carbocycles. The molecule has 0 spiro atoms. The van der Waals surface area contributed by atoms with Crippen LogP contribution in [0.5, 0.6) is 0 Å². The van der Waals surface area contributed by atoms with Crippen molar-refractivity contribution < 1.29 is 4.42 Å². The van der Waals surface area contributed by atoms with Crippen LogP contribution in [-0.2, 0) is 6.54 Å². The van der Waals surface area contributed by atoms with Gasteiger partial charge in [0.2, 0.25) is 0 Å². The van der Waals surface area contributed by atoms with Crippen molar-refractivity contribution in [2.24, 2.45) is 0 Å². The Morgan fingerprint density at radius 1 is 0.714 bits per heavy atom. The van der Waals surface area contributed by atoms with Crippen molar-refractivity contribution in [3.8, 4) is 0 Å². The van der Waals surface area contributed by atoms with Gasteiger partial charge in [-0.25, -0.2) is 0 Å². The average Bonchev–Trinajstić information content (AvgIpc) is 2.92. The minimum absolute atomic E-state index is 0.805. The van der Waals surface area contributed by atoms with Crippen LogP contribution in [0.3, 0.4) is 0 Å². The van der Waals surface area contributed by atoms with E-state index in [1.807, 2.05) is 36.4 Å². The first-order chi connectivity index (χ1) is 10.4. The van der Waals surface area contributed by atoms with Gasteiger partial charge >= 0.3 is 0 Å². The highest BCUT2D eigenvalue weighted by Crippen LogP contribution is 2.29. The van der Waals surface area contributed by atoms with E-state index in [2.05, 4.69) is 41.7 Å². The fourth-order valence-corrected chi connectivity index (χ4v) is 2.64. The molecule has 0 fully saturated rings. The maximum Gasteiger partial charge on any atom is 0.135 e. The molecule has 1 aromatic heterocycles. The van der Waals surface area contributed by atoms with Crippen molar-refractivity contribution in [2.75, 3.05) is 5.32 Å². The first-order valence-electron chi connectivity index (χ1n) is 7.09. The van der Waals surface area contributed by atoms with Crippen LogP contribution in [0.2, 0.25) is 0 Å². The summed E-state index contributed by atoms with van der Waals surface area (Å²) in [6, 6.07) is 24.8. The Hall–Kier alpha value is -2.74. The lowest BCUT2D eigenvalue weighted by Crippen LogP contribution is -1.98. The van der Waals surface area contributed by atoms with Gasteiger partial charge in [-0.05, 0) is 35.9 Å². The molecule has 0 saturated heterocycles. The summed E-state index contributed by atoms with van der Waals surface area (Å²) in [5.74, 6) is 0. The van der Waals surface area contributed by atoms with E-state index < -0.39 is 0 Å². The van der Waals surface area contributed by atoms with E-state index in [4.69, 9.17) is 4.42 Å². The van der Waals surface area contributed by atoms with E-state index in [1.54, 1.807) is 0 Å². The number of hydrogen-bond acceptors (Lipinski definition) is 2. The molecular formula is C19H15NO. The molecule has 21 heavy (non-hydrogen) atoms. The van der Waals surface area contributed by atoms with Crippen LogP contribution < -0.4 is 5.32 Å². The Balaban J connectivity index is 1.68. The Kier molecular flexibility index (Phi) is 2.86.